The molecule has 0 aromatic heterocycles. The van der Waals surface area contributed by atoms with Crippen LogP contribution in [0.4, 0.5) is 11.4 Å². The SMILES string of the molecule is O=C([C@H]1Cc2cc([N+](=O)[O-])ccc2N2CCN(Cc3ccccc3)C[C@H]12)N1CCCC1. The van der Waals surface area contributed by atoms with Crippen molar-refractivity contribution >= 4 is 17.3 Å². The second kappa shape index (κ2) is 8.30. The third-order valence-electron chi connectivity index (χ3n) is 6.97. The second-order valence-electron chi connectivity index (χ2n) is 8.89. The van der Waals surface area contributed by atoms with Gasteiger partial charge >= 0.3 is 0 Å². The molecule has 2 saturated heterocycles. The first-order valence-corrected chi connectivity index (χ1v) is 11.2. The first-order valence-electron chi connectivity index (χ1n) is 11.2. The van der Waals surface area contributed by atoms with Crippen molar-refractivity contribution in [3.8, 4) is 0 Å². The number of likely N-dealkylation sites (tertiary alicyclic amines) is 1. The molecule has 3 heterocycles. The number of nitrogens with zero attached hydrogens (tertiary/aromatic N) is 4. The fraction of sp³-hybridized carbons (Fsp3) is 0.458. The quantitative estimate of drug-likeness (QED) is 0.562. The molecule has 0 aliphatic carbocycles. The minimum Gasteiger partial charge on any atom is -0.365 e. The Kier molecular flexibility index (Phi) is 5.36. The third kappa shape index (κ3) is 3.90. The van der Waals surface area contributed by atoms with E-state index in [1.165, 1.54) is 5.56 Å². The lowest BCUT2D eigenvalue weighted by Crippen LogP contribution is -2.61. The Morgan fingerprint density at radius 1 is 1.03 bits per heavy atom. The Balaban J connectivity index is 1.44. The van der Waals surface area contributed by atoms with E-state index in [9.17, 15) is 14.9 Å². The monoisotopic (exact) mass is 420 g/mol. The van der Waals surface area contributed by atoms with E-state index in [0.717, 1.165) is 63.4 Å². The summed E-state index contributed by atoms with van der Waals surface area (Å²) in [5, 5.41) is 11.3. The normalized spacial score (nSPS) is 23.4. The van der Waals surface area contributed by atoms with Gasteiger partial charge in [0, 0.05) is 57.1 Å². The lowest BCUT2D eigenvalue weighted by atomic mass is 9.82. The number of benzene rings is 2. The number of non-ortho nitro benzene ring substituents is 1. The van der Waals surface area contributed by atoms with Crippen molar-refractivity contribution in [2.75, 3.05) is 37.6 Å². The number of hydrogen-bond acceptors (Lipinski definition) is 5. The van der Waals surface area contributed by atoms with Gasteiger partial charge in [0.15, 0.2) is 0 Å². The Labute approximate surface area is 182 Å². The number of fused-ring (bicyclic) bond motifs is 3. The summed E-state index contributed by atoms with van der Waals surface area (Å²) in [6.45, 7) is 5.10. The molecule has 0 radical (unpaired) electrons. The lowest BCUT2D eigenvalue weighted by molar-refractivity contribution is -0.384. The molecule has 7 heteroatoms. The second-order valence-corrected chi connectivity index (χ2v) is 8.89. The van der Waals surface area contributed by atoms with Gasteiger partial charge in [-0.15, -0.1) is 0 Å². The predicted molar refractivity (Wildman–Crippen MR) is 119 cm³/mol. The predicted octanol–water partition coefficient (Wildman–Crippen LogP) is 3.08. The molecule has 2 fully saturated rings. The summed E-state index contributed by atoms with van der Waals surface area (Å²) < 4.78 is 0. The molecule has 3 aliphatic rings. The number of anilines is 1. The molecule has 0 N–H and O–H groups in total. The Bertz CT molecular complexity index is 974. The maximum atomic E-state index is 13.5. The fourth-order valence-corrected chi connectivity index (χ4v) is 5.42. The molecule has 162 valence electrons. The Morgan fingerprint density at radius 3 is 2.55 bits per heavy atom. The van der Waals surface area contributed by atoms with Crippen molar-refractivity contribution in [1.82, 2.24) is 9.80 Å². The smallest absolute Gasteiger partial charge is 0.269 e. The van der Waals surface area contributed by atoms with Crippen molar-refractivity contribution in [3.63, 3.8) is 0 Å². The van der Waals surface area contributed by atoms with Gasteiger partial charge in [-0.2, -0.15) is 0 Å². The van der Waals surface area contributed by atoms with Crippen LogP contribution in [0.15, 0.2) is 48.5 Å². The van der Waals surface area contributed by atoms with Crippen LogP contribution in [-0.2, 0) is 17.8 Å². The number of amides is 1. The van der Waals surface area contributed by atoms with Gasteiger partial charge in [-0.3, -0.25) is 19.8 Å². The summed E-state index contributed by atoms with van der Waals surface area (Å²) in [7, 11) is 0. The highest BCUT2D eigenvalue weighted by Crippen LogP contribution is 2.39. The number of nitro benzene ring substituents is 1. The number of carbonyl (C=O) groups excluding carboxylic acids is 1. The zero-order chi connectivity index (χ0) is 21.4. The van der Waals surface area contributed by atoms with Crippen molar-refractivity contribution in [1.29, 1.82) is 0 Å². The van der Waals surface area contributed by atoms with Crippen molar-refractivity contribution in [2.45, 2.75) is 31.8 Å². The standard InChI is InChI=1S/C24H28N4O3/c29-24(26-10-4-5-11-26)21-15-19-14-20(28(30)31)8-9-22(19)27-13-12-25(17-23(21)27)16-18-6-2-1-3-7-18/h1-3,6-9,14,21,23H,4-5,10-13,15-17H2/t21-,23+/m0/s1. The topological polar surface area (TPSA) is 69.9 Å². The van der Waals surface area contributed by atoms with Gasteiger partial charge in [0.25, 0.3) is 5.69 Å². The van der Waals surface area contributed by atoms with Crippen LogP contribution in [0, 0.1) is 16.0 Å². The van der Waals surface area contributed by atoms with E-state index in [0.29, 0.717) is 6.42 Å². The Morgan fingerprint density at radius 2 is 1.81 bits per heavy atom. The molecular formula is C24H28N4O3. The van der Waals surface area contributed by atoms with Gasteiger partial charge in [0.1, 0.15) is 0 Å². The van der Waals surface area contributed by atoms with Crippen LogP contribution >= 0.6 is 0 Å². The van der Waals surface area contributed by atoms with Crippen LogP contribution in [0.3, 0.4) is 0 Å². The molecule has 1 amide bonds. The summed E-state index contributed by atoms with van der Waals surface area (Å²) in [4.78, 5) is 31.2. The summed E-state index contributed by atoms with van der Waals surface area (Å²) in [6, 6.07) is 15.7. The lowest BCUT2D eigenvalue weighted by Gasteiger charge is -2.49. The van der Waals surface area contributed by atoms with Crippen molar-refractivity contribution in [2.24, 2.45) is 5.92 Å². The molecule has 2 atom stereocenters. The van der Waals surface area contributed by atoms with Gasteiger partial charge in [-0.05, 0) is 36.5 Å². The van der Waals surface area contributed by atoms with Gasteiger partial charge < -0.3 is 9.80 Å². The maximum Gasteiger partial charge on any atom is 0.269 e. The van der Waals surface area contributed by atoms with E-state index in [1.54, 1.807) is 12.1 Å². The molecular weight excluding hydrogens is 392 g/mol. The summed E-state index contributed by atoms with van der Waals surface area (Å²) in [6.07, 6.45) is 2.71. The zero-order valence-electron chi connectivity index (χ0n) is 17.7. The number of carbonyl (C=O) groups is 1. The highest BCUT2D eigenvalue weighted by Gasteiger charge is 2.43. The maximum absolute atomic E-state index is 13.5. The molecule has 2 aromatic carbocycles. The van der Waals surface area contributed by atoms with E-state index >= 15 is 0 Å². The van der Waals surface area contributed by atoms with E-state index in [2.05, 4.69) is 34.1 Å². The highest BCUT2D eigenvalue weighted by atomic mass is 16.6. The number of nitro groups is 1. The summed E-state index contributed by atoms with van der Waals surface area (Å²) in [5.41, 5.74) is 3.37. The molecule has 7 nitrogen and oxygen atoms in total. The molecule has 3 aliphatic heterocycles. The van der Waals surface area contributed by atoms with E-state index in [-0.39, 0.29) is 28.5 Å². The number of piperazine rings is 1. The van der Waals surface area contributed by atoms with Crippen LogP contribution in [0.5, 0.6) is 0 Å². The van der Waals surface area contributed by atoms with Gasteiger partial charge in [-0.1, -0.05) is 30.3 Å². The minimum atomic E-state index is -0.346. The van der Waals surface area contributed by atoms with Gasteiger partial charge in [0.2, 0.25) is 5.91 Å². The van der Waals surface area contributed by atoms with Crippen molar-refractivity contribution in [3.05, 3.63) is 69.8 Å². The average Bonchev–Trinajstić information content (AvgIpc) is 3.33. The minimum absolute atomic E-state index is 0.0968. The number of hydrogen-bond donors (Lipinski definition) is 0. The fourth-order valence-electron chi connectivity index (χ4n) is 5.42. The van der Waals surface area contributed by atoms with E-state index in [4.69, 9.17) is 0 Å². The first-order chi connectivity index (χ1) is 15.1. The van der Waals surface area contributed by atoms with E-state index < -0.39 is 0 Å². The third-order valence-corrected chi connectivity index (χ3v) is 6.97. The Hall–Kier alpha value is -2.93. The van der Waals surface area contributed by atoms with Crippen LogP contribution in [0.1, 0.15) is 24.0 Å². The largest absolute Gasteiger partial charge is 0.365 e. The molecule has 0 bridgehead atoms. The van der Waals surface area contributed by atoms with Crippen LogP contribution in [0.25, 0.3) is 0 Å². The summed E-state index contributed by atoms with van der Waals surface area (Å²) in [5.74, 6) is 0.0531. The molecule has 0 saturated carbocycles. The zero-order valence-corrected chi connectivity index (χ0v) is 17.7. The van der Waals surface area contributed by atoms with Crippen LogP contribution in [0.2, 0.25) is 0 Å². The summed E-state index contributed by atoms with van der Waals surface area (Å²) >= 11 is 0. The number of rotatable bonds is 4. The first kappa shape index (κ1) is 20.0. The van der Waals surface area contributed by atoms with Crippen LogP contribution < -0.4 is 4.90 Å². The highest BCUT2D eigenvalue weighted by molar-refractivity contribution is 5.82. The molecule has 2 aromatic rings. The average molecular weight is 421 g/mol. The van der Waals surface area contributed by atoms with Gasteiger partial charge in [0.05, 0.1) is 16.9 Å². The van der Waals surface area contributed by atoms with Gasteiger partial charge in [-0.25, -0.2) is 0 Å². The molecule has 5 rings (SSSR count). The molecule has 0 unspecified atom stereocenters. The molecule has 31 heavy (non-hydrogen) atoms. The van der Waals surface area contributed by atoms with Crippen molar-refractivity contribution < 1.29 is 9.72 Å². The van der Waals surface area contributed by atoms with E-state index in [1.807, 2.05) is 17.0 Å². The van der Waals surface area contributed by atoms with Crippen LogP contribution in [-0.4, -0.2) is 59.4 Å². The molecule has 0 spiro atoms.